The van der Waals surface area contributed by atoms with Crippen LogP contribution in [0.15, 0.2) is 12.1 Å². The van der Waals surface area contributed by atoms with Crippen LogP contribution in [0.25, 0.3) is 0 Å². The molecule has 1 aliphatic rings. The zero-order valence-corrected chi connectivity index (χ0v) is 19.8. The number of nitrogens with zero attached hydrogens (tertiary/aromatic N) is 2. The number of esters is 1. The average molecular weight is 425 g/mol. The number of benzene rings is 1. The predicted octanol–water partition coefficient (Wildman–Crippen LogP) is 4.69. The number of carbonyl (C=O) groups excluding carboxylic acids is 2. The number of fused-ring (bicyclic) bond motifs is 1. The second-order valence-electron chi connectivity index (χ2n) is 8.63. The molecule has 1 atom stereocenters. The van der Waals surface area contributed by atoms with Gasteiger partial charge in [-0.1, -0.05) is 0 Å². The highest BCUT2D eigenvalue weighted by Crippen LogP contribution is 2.44. The van der Waals surface area contributed by atoms with Gasteiger partial charge in [-0.25, -0.2) is 4.98 Å². The zero-order chi connectivity index (χ0) is 23.1. The van der Waals surface area contributed by atoms with Crippen molar-refractivity contribution in [2.45, 2.75) is 73.8 Å². The van der Waals surface area contributed by atoms with Crippen molar-refractivity contribution in [3.05, 3.63) is 45.6 Å². The van der Waals surface area contributed by atoms with Crippen LogP contribution in [0.3, 0.4) is 0 Å². The summed E-state index contributed by atoms with van der Waals surface area (Å²) in [6, 6.07) is 3.92. The van der Waals surface area contributed by atoms with Crippen LogP contribution < -0.4 is 14.4 Å². The van der Waals surface area contributed by atoms with Gasteiger partial charge in [0.25, 0.3) is 5.91 Å². The van der Waals surface area contributed by atoms with Gasteiger partial charge in [0.2, 0.25) is 0 Å². The Bertz CT molecular complexity index is 1040. The summed E-state index contributed by atoms with van der Waals surface area (Å²) in [6.07, 6.45) is 1.19. The minimum absolute atomic E-state index is 0.100. The summed E-state index contributed by atoms with van der Waals surface area (Å²) in [6.45, 7) is 15.4. The molecule has 3 rings (SSSR count). The number of ether oxygens (including phenoxy) is 2. The molecule has 1 amide bonds. The van der Waals surface area contributed by atoms with Gasteiger partial charge in [-0.05, 0) is 89.3 Å². The van der Waals surface area contributed by atoms with E-state index in [2.05, 4.69) is 4.98 Å². The number of hydrogen-bond acceptors (Lipinski definition) is 5. The fraction of sp³-hybridized carbons (Fsp3) is 0.480. The van der Waals surface area contributed by atoms with Gasteiger partial charge in [0.1, 0.15) is 17.3 Å². The molecule has 0 saturated carbocycles. The quantitative estimate of drug-likeness (QED) is 0.526. The molecule has 0 fully saturated rings. The average Bonchev–Trinajstić information content (AvgIpc) is 2.69. The van der Waals surface area contributed by atoms with E-state index in [1.54, 1.807) is 4.90 Å². The van der Waals surface area contributed by atoms with E-state index in [1.807, 2.05) is 60.6 Å². The maximum atomic E-state index is 13.7. The van der Waals surface area contributed by atoms with E-state index in [1.165, 1.54) is 6.92 Å². The van der Waals surface area contributed by atoms with Crippen LogP contribution in [0.5, 0.6) is 11.5 Å². The van der Waals surface area contributed by atoms with Crippen molar-refractivity contribution in [3.8, 4) is 11.5 Å². The van der Waals surface area contributed by atoms with Crippen LogP contribution in [0.4, 0.5) is 5.82 Å². The molecule has 1 aromatic carbocycles. The third-order valence-corrected chi connectivity index (χ3v) is 6.11. The normalized spacial score (nSPS) is 17.5. The highest BCUT2D eigenvalue weighted by atomic mass is 16.5. The summed E-state index contributed by atoms with van der Waals surface area (Å²) >= 11 is 0. The van der Waals surface area contributed by atoms with E-state index in [0.717, 1.165) is 39.3 Å². The molecule has 1 aromatic heterocycles. The van der Waals surface area contributed by atoms with Crippen LogP contribution in [-0.4, -0.2) is 29.0 Å². The first-order valence-electron chi connectivity index (χ1n) is 10.8. The first kappa shape index (κ1) is 22.8. The summed E-state index contributed by atoms with van der Waals surface area (Å²) < 4.78 is 11.9. The van der Waals surface area contributed by atoms with Crippen molar-refractivity contribution in [2.24, 2.45) is 0 Å². The largest absolute Gasteiger partial charge is 0.477 e. The van der Waals surface area contributed by atoms with Crippen molar-refractivity contribution < 1.29 is 19.1 Å². The van der Waals surface area contributed by atoms with Gasteiger partial charge in [-0.2, -0.15) is 0 Å². The van der Waals surface area contributed by atoms with Crippen LogP contribution in [0, 0.1) is 34.6 Å². The maximum absolute atomic E-state index is 13.7. The molecule has 166 valence electrons. The Kier molecular flexibility index (Phi) is 6.12. The van der Waals surface area contributed by atoms with E-state index >= 15 is 0 Å². The fourth-order valence-corrected chi connectivity index (χ4v) is 4.34. The topological polar surface area (TPSA) is 68.7 Å². The fourth-order valence-electron chi connectivity index (χ4n) is 4.34. The Hall–Kier alpha value is -2.89. The summed E-state index contributed by atoms with van der Waals surface area (Å²) in [5, 5.41) is 0. The minimum atomic E-state index is -1.01. The second kappa shape index (κ2) is 8.33. The van der Waals surface area contributed by atoms with E-state index in [0.29, 0.717) is 31.0 Å². The minimum Gasteiger partial charge on any atom is -0.477 e. The van der Waals surface area contributed by atoms with Crippen molar-refractivity contribution in [1.82, 2.24) is 4.98 Å². The molecule has 0 aliphatic carbocycles. The smallest absolute Gasteiger partial charge is 0.308 e. The standard InChI is InChI=1S/C25H32N2O4/c1-9-27(21-13-14(2)12-15(3)26-21)24(29)25(8)11-10-20-18(6)22(30-19(7)28)16(4)17(5)23(20)31-25/h12-13H,9-11H2,1-8H3. The van der Waals surface area contributed by atoms with Gasteiger partial charge in [-0.15, -0.1) is 0 Å². The van der Waals surface area contributed by atoms with Gasteiger partial charge in [0.15, 0.2) is 5.60 Å². The number of amides is 1. The molecular formula is C25H32N2O4. The summed E-state index contributed by atoms with van der Waals surface area (Å²) in [4.78, 5) is 31.5. The maximum Gasteiger partial charge on any atom is 0.308 e. The lowest BCUT2D eigenvalue weighted by molar-refractivity contribution is -0.134. The van der Waals surface area contributed by atoms with Crippen LogP contribution >= 0.6 is 0 Å². The van der Waals surface area contributed by atoms with E-state index < -0.39 is 5.60 Å². The predicted molar refractivity (Wildman–Crippen MR) is 121 cm³/mol. The molecule has 1 unspecified atom stereocenters. The van der Waals surface area contributed by atoms with E-state index in [9.17, 15) is 9.59 Å². The molecule has 31 heavy (non-hydrogen) atoms. The number of anilines is 1. The summed E-state index contributed by atoms with van der Waals surface area (Å²) in [5.74, 6) is 1.52. The monoisotopic (exact) mass is 424 g/mol. The zero-order valence-electron chi connectivity index (χ0n) is 19.8. The first-order chi connectivity index (χ1) is 14.5. The SMILES string of the molecule is CCN(C(=O)C1(C)CCc2c(C)c(OC(C)=O)c(C)c(C)c2O1)c1cc(C)cc(C)n1. The molecule has 0 bridgehead atoms. The Morgan fingerprint density at radius 2 is 1.81 bits per heavy atom. The number of aromatic nitrogens is 1. The van der Waals surface area contributed by atoms with Crippen LogP contribution in [0.2, 0.25) is 0 Å². The lowest BCUT2D eigenvalue weighted by Gasteiger charge is -2.39. The van der Waals surface area contributed by atoms with Crippen LogP contribution in [0.1, 0.15) is 60.7 Å². The van der Waals surface area contributed by atoms with Crippen molar-refractivity contribution in [2.75, 3.05) is 11.4 Å². The summed E-state index contributed by atoms with van der Waals surface area (Å²) in [7, 11) is 0. The number of rotatable bonds is 4. The highest BCUT2D eigenvalue weighted by Gasteiger charge is 2.43. The molecule has 2 aromatic rings. The Labute approximate surface area is 184 Å². The van der Waals surface area contributed by atoms with Gasteiger partial charge in [0.05, 0.1) is 0 Å². The molecule has 0 saturated heterocycles. The van der Waals surface area contributed by atoms with Gasteiger partial charge in [-0.3, -0.25) is 14.5 Å². The highest BCUT2D eigenvalue weighted by molar-refractivity contribution is 5.99. The van der Waals surface area contributed by atoms with E-state index in [4.69, 9.17) is 9.47 Å². The molecule has 0 spiro atoms. The number of carbonyl (C=O) groups is 2. The lowest BCUT2D eigenvalue weighted by atomic mass is 9.86. The van der Waals surface area contributed by atoms with Crippen molar-refractivity contribution >= 4 is 17.7 Å². The number of pyridine rings is 1. The Morgan fingerprint density at radius 3 is 2.39 bits per heavy atom. The number of aryl methyl sites for hydroxylation is 2. The van der Waals surface area contributed by atoms with E-state index in [-0.39, 0.29) is 11.9 Å². The molecule has 1 aliphatic heterocycles. The van der Waals surface area contributed by atoms with Crippen LogP contribution in [-0.2, 0) is 16.0 Å². The number of likely N-dealkylation sites (N-methyl/N-ethyl adjacent to an activating group) is 1. The van der Waals surface area contributed by atoms with Gasteiger partial charge in [0, 0.05) is 31.1 Å². The molecule has 6 nitrogen and oxygen atoms in total. The molecule has 6 heteroatoms. The molecule has 0 radical (unpaired) electrons. The van der Waals surface area contributed by atoms with Gasteiger partial charge < -0.3 is 9.47 Å². The third kappa shape index (κ3) is 4.16. The first-order valence-corrected chi connectivity index (χ1v) is 10.8. The summed E-state index contributed by atoms with van der Waals surface area (Å²) in [5.41, 5.74) is 4.57. The Morgan fingerprint density at radius 1 is 1.13 bits per heavy atom. The van der Waals surface area contributed by atoms with Crippen molar-refractivity contribution in [1.29, 1.82) is 0 Å². The third-order valence-electron chi connectivity index (χ3n) is 6.11. The molecule has 0 N–H and O–H groups in total. The molecular weight excluding hydrogens is 392 g/mol. The number of hydrogen-bond donors (Lipinski definition) is 0. The molecule has 2 heterocycles. The van der Waals surface area contributed by atoms with Gasteiger partial charge >= 0.3 is 5.97 Å². The Balaban J connectivity index is 2.01. The lowest BCUT2D eigenvalue weighted by Crippen LogP contribution is -2.53. The second-order valence-corrected chi connectivity index (χ2v) is 8.63. The van der Waals surface area contributed by atoms with Crippen molar-refractivity contribution in [3.63, 3.8) is 0 Å².